The van der Waals surface area contributed by atoms with Crippen molar-refractivity contribution in [2.75, 3.05) is 13.1 Å². The number of aromatic nitrogens is 1. The predicted molar refractivity (Wildman–Crippen MR) is 116 cm³/mol. The molecule has 0 unspecified atom stereocenters. The molecule has 0 spiro atoms. The average molecular weight is 406 g/mol. The molecule has 2 heterocycles. The lowest BCUT2D eigenvalue weighted by Crippen LogP contribution is -2.46. The second-order valence-electron chi connectivity index (χ2n) is 7.19. The van der Waals surface area contributed by atoms with E-state index in [4.69, 9.17) is 0 Å². The Morgan fingerprint density at radius 2 is 1.55 bits per heavy atom. The van der Waals surface area contributed by atoms with Gasteiger partial charge in [-0.25, -0.2) is 0 Å². The number of rotatable bonds is 4. The Balaban J connectivity index is 1.32. The molecule has 0 atom stereocenters. The molecule has 0 aliphatic carbocycles. The summed E-state index contributed by atoms with van der Waals surface area (Å²) in [5.41, 5.74) is 2.28. The lowest BCUT2D eigenvalue weighted by Gasteiger charge is -2.32. The molecule has 2 amide bonds. The fraction of sp³-hybridized carbons (Fsp3) is 0.217. The molecule has 0 bridgehead atoms. The van der Waals surface area contributed by atoms with Crippen molar-refractivity contribution >= 4 is 24.4 Å². The van der Waals surface area contributed by atoms with Crippen molar-refractivity contribution in [1.82, 2.24) is 14.8 Å². The van der Waals surface area contributed by atoms with Gasteiger partial charge in [0.1, 0.15) is 0 Å². The smallest absolute Gasteiger partial charge is 0.254 e. The first-order valence-corrected chi connectivity index (χ1v) is 10.2. The number of carbonyl (C=O) groups is 2. The summed E-state index contributed by atoms with van der Waals surface area (Å²) in [5, 5.41) is 3.10. The Morgan fingerprint density at radius 1 is 0.897 bits per heavy atom. The third kappa shape index (κ3) is 4.38. The summed E-state index contributed by atoms with van der Waals surface area (Å²) in [7, 11) is 0. The molecule has 4 rings (SSSR count). The van der Waals surface area contributed by atoms with Crippen molar-refractivity contribution < 1.29 is 9.59 Å². The number of hydrogen-bond donors (Lipinski definition) is 2. The van der Waals surface area contributed by atoms with Gasteiger partial charge in [-0.15, -0.1) is 12.6 Å². The van der Waals surface area contributed by atoms with Gasteiger partial charge in [0, 0.05) is 47.7 Å². The van der Waals surface area contributed by atoms with E-state index in [1.165, 1.54) is 0 Å². The van der Waals surface area contributed by atoms with E-state index < -0.39 is 0 Å². The van der Waals surface area contributed by atoms with Crippen molar-refractivity contribution in [1.29, 1.82) is 0 Å². The molecule has 5 nitrogen and oxygen atoms in total. The topological polar surface area (TPSA) is 54.3 Å². The molecule has 1 N–H and O–H groups in total. The number of piperidine rings is 1. The van der Waals surface area contributed by atoms with Gasteiger partial charge in [0.25, 0.3) is 11.8 Å². The Bertz CT molecular complexity index is 991. The van der Waals surface area contributed by atoms with Crippen molar-refractivity contribution in [3.63, 3.8) is 0 Å². The SMILES string of the molecule is O=C(NC1CCN(C(=O)c2ccccc2S)CC1)c1ccc(-n2cccc2)cc1. The molecule has 1 aromatic heterocycles. The number of benzene rings is 2. The van der Waals surface area contributed by atoms with E-state index >= 15 is 0 Å². The van der Waals surface area contributed by atoms with Gasteiger partial charge in [0.15, 0.2) is 0 Å². The minimum absolute atomic E-state index is 0.000905. The number of nitrogens with one attached hydrogen (secondary N) is 1. The number of thiol groups is 1. The van der Waals surface area contributed by atoms with Gasteiger partial charge in [-0.3, -0.25) is 9.59 Å². The third-order valence-electron chi connectivity index (χ3n) is 5.28. The van der Waals surface area contributed by atoms with E-state index in [1.54, 1.807) is 6.07 Å². The van der Waals surface area contributed by atoms with E-state index in [1.807, 2.05) is 76.5 Å². The number of nitrogens with zero attached hydrogens (tertiary/aromatic N) is 2. The standard InChI is InChI=1S/C23H23N3O2S/c27-22(17-7-9-19(10-8-17)25-13-3-4-14-25)24-18-11-15-26(16-12-18)23(28)20-5-1-2-6-21(20)29/h1-10,13-14,18,29H,11-12,15-16H2,(H,24,27). The molecular formula is C23H23N3O2S. The highest BCUT2D eigenvalue weighted by Gasteiger charge is 2.25. The van der Waals surface area contributed by atoms with E-state index in [2.05, 4.69) is 17.9 Å². The van der Waals surface area contributed by atoms with Crippen LogP contribution < -0.4 is 5.32 Å². The Kier molecular flexibility index (Phi) is 5.71. The summed E-state index contributed by atoms with van der Waals surface area (Å²) < 4.78 is 2.00. The molecule has 1 saturated heterocycles. The molecule has 1 fully saturated rings. The van der Waals surface area contributed by atoms with E-state index in [9.17, 15) is 9.59 Å². The maximum atomic E-state index is 12.7. The Labute approximate surface area is 175 Å². The van der Waals surface area contributed by atoms with Crippen LogP contribution in [0.15, 0.2) is 78.0 Å². The van der Waals surface area contributed by atoms with E-state index in [0.717, 1.165) is 18.5 Å². The molecule has 0 radical (unpaired) electrons. The minimum Gasteiger partial charge on any atom is -0.349 e. The number of carbonyl (C=O) groups excluding carboxylic acids is 2. The monoisotopic (exact) mass is 405 g/mol. The maximum absolute atomic E-state index is 12.7. The van der Waals surface area contributed by atoms with Gasteiger partial charge in [-0.05, 0) is 61.4 Å². The highest BCUT2D eigenvalue weighted by Crippen LogP contribution is 2.19. The quantitative estimate of drug-likeness (QED) is 0.649. The first-order chi connectivity index (χ1) is 14.1. The molecular weight excluding hydrogens is 382 g/mol. The van der Waals surface area contributed by atoms with Crippen LogP contribution in [0.25, 0.3) is 5.69 Å². The number of amides is 2. The fourth-order valence-corrected chi connectivity index (χ4v) is 3.87. The summed E-state index contributed by atoms with van der Waals surface area (Å²) in [6.07, 6.45) is 5.42. The zero-order valence-corrected chi connectivity index (χ0v) is 16.9. The highest BCUT2D eigenvalue weighted by molar-refractivity contribution is 7.80. The Morgan fingerprint density at radius 3 is 2.21 bits per heavy atom. The van der Waals surface area contributed by atoms with Crippen LogP contribution in [0.3, 0.4) is 0 Å². The summed E-state index contributed by atoms with van der Waals surface area (Å²) in [5.74, 6) is -0.0736. The van der Waals surface area contributed by atoms with Crippen LogP contribution in [-0.2, 0) is 0 Å². The van der Waals surface area contributed by atoms with Crippen LogP contribution in [-0.4, -0.2) is 40.4 Å². The van der Waals surface area contributed by atoms with Crippen molar-refractivity contribution in [2.45, 2.75) is 23.8 Å². The molecule has 6 heteroatoms. The lowest BCUT2D eigenvalue weighted by molar-refractivity contribution is 0.0695. The number of likely N-dealkylation sites (tertiary alicyclic amines) is 1. The van der Waals surface area contributed by atoms with Crippen LogP contribution in [0.5, 0.6) is 0 Å². The van der Waals surface area contributed by atoms with Crippen molar-refractivity contribution in [2.24, 2.45) is 0 Å². The van der Waals surface area contributed by atoms with Gasteiger partial charge in [0.05, 0.1) is 5.56 Å². The first-order valence-electron chi connectivity index (χ1n) is 9.73. The van der Waals surface area contributed by atoms with Crippen LogP contribution in [0.4, 0.5) is 0 Å². The first kappa shape index (κ1) is 19.3. The molecule has 1 aliphatic rings. The second-order valence-corrected chi connectivity index (χ2v) is 7.68. The zero-order valence-electron chi connectivity index (χ0n) is 16.0. The second kappa shape index (κ2) is 8.57. The van der Waals surface area contributed by atoms with Gasteiger partial charge in [0.2, 0.25) is 0 Å². The highest BCUT2D eigenvalue weighted by atomic mass is 32.1. The van der Waals surface area contributed by atoms with E-state index in [0.29, 0.717) is 29.1 Å². The summed E-state index contributed by atoms with van der Waals surface area (Å²) in [4.78, 5) is 27.8. The Hall–Kier alpha value is -2.99. The molecule has 3 aromatic rings. The molecule has 148 valence electrons. The average Bonchev–Trinajstić information content (AvgIpc) is 3.29. The van der Waals surface area contributed by atoms with Gasteiger partial charge >= 0.3 is 0 Å². The summed E-state index contributed by atoms with van der Waals surface area (Å²) in [6, 6.07) is 18.9. The maximum Gasteiger partial charge on any atom is 0.254 e. The van der Waals surface area contributed by atoms with Crippen LogP contribution in [0.2, 0.25) is 0 Å². The molecule has 2 aromatic carbocycles. The third-order valence-corrected chi connectivity index (χ3v) is 5.67. The molecule has 0 saturated carbocycles. The van der Waals surface area contributed by atoms with Gasteiger partial charge < -0.3 is 14.8 Å². The number of hydrogen-bond acceptors (Lipinski definition) is 3. The lowest BCUT2D eigenvalue weighted by atomic mass is 10.0. The van der Waals surface area contributed by atoms with Crippen molar-refractivity contribution in [3.05, 3.63) is 84.2 Å². The van der Waals surface area contributed by atoms with Gasteiger partial charge in [-0.1, -0.05) is 12.1 Å². The minimum atomic E-state index is -0.0745. The molecule has 1 aliphatic heterocycles. The van der Waals surface area contributed by atoms with Crippen LogP contribution in [0, 0.1) is 0 Å². The predicted octanol–water partition coefficient (Wildman–Crippen LogP) is 3.80. The van der Waals surface area contributed by atoms with Crippen LogP contribution in [0.1, 0.15) is 33.6 Å². The molecule has 29 heavy (non-hydrogen) atoms. The van der Waals surface area contributed by atoms with E-state index in [-0.39, 0.29) is 17.9 Å². The summed E-state index contributed by atoms with van der Waals surface area (Å²) in [6.45, 7) is 1.25. The zero-order chi connectivity index (χ0) is 20.2. The fourth-order valence-electron chi connectivity index (χ4n) is 3.61. The largest absolute Gasteiger partial charge is 0.349 e. The van der Waals surface area contributed by atoms with Gasteiger partial charge in [-0.2, -0.15) is 0 Å². The normalized spacial score (nSPS) is 14.6. The van der Waals surface area contributed by atoms with Crippen LogP contribution >= 0.6 is 12.6 Å². The summed E-state index contributed by atoms with van der Waals surface area (Å²) >= 11 is 4.38. The van der Waals surface area contributed by atoms with Crippen molar-refractivity contribution in [3.8, 4) is 5.69 Å².